The van der Waals surface area contributed by atoms with Gasteiger partial charge in [-0.25, -0.2) is 0 Å². The zero-order valence-corrected chi connectivity index (χ0v) is 20.4. The standard InChI is InChI=1S/C28H31ClN2O3/c1-21(2)18-30-28(33)26(17-22-9-5-3-6-10-22)31(19-23-13-15-24(29)16-14-23)27(32)20-34-25-11-7-4-8-12-25/h3-16,21,26H,17-20H2,1-2H3,(H,30,33)/t26-/m0/s1. The monoisotopic (exact) mass is 478 g/mol. The number of benzene rings is 3. The third-order valence-corrected chi connectivity index (χ3v) is 5.58. The number of carbonyl (C=O) groups is 2. The second-order valence-corrected chi connectivity index (χ2v) is 9.03. The summed E-state index contributed by atoms with van der Waals surface area (Å²) in [7, 11) is 0. The summed E-state index contributed by atoms with van der Waals surface area (Å²) in [6.45, 7) is 4.71. The SMILES string of the molecule is CC(C)CNC(=O)[C@H](Cc1ccccc1)N(Cc1ccc(Cl)cc1)C(=O)COc1ccccc1. The number of amides is 2. The molecule has 1 atom stereocenters. The molecule has 0 saturated carbocycles. The van der Waals surface area contributed by atoms with Gasteiger partial charge in [0.05, 0.1) is 0 Å². The fraction of sp³-hybridized carbons (Fsp3) is 0.286. The fourth-order valence-corrected chi connectivity index (χ4v) is 3.63. The Balaban J connectivity index is 1.88. The van der Waals surface area contributed by atoms with Gasteiger partial charge in [0.1, 0.15) is 11.8 Å². The van der Waals surface area contributed by atoms with E-state index in [0.29, 0.717) is 29.7 Å². The molecule has 0 spiro atoms. The van der Waals surface area contributed by atoms with Crippen LogP contribution in [0.1, 0.15) is 25.0 Å². The molecule has 0 fully saturated rings. The highest BCUT2D eigenvalue weighted by Gasteiger charge is 2.30. The fourth-order valence-electron chi connectivity index (χ4n) is 3.51. The van der Waals surface area contributed by atoms with Crippen molar-refractivity contribution in [2.24, 2.45) is 5.92 Å². The van der Waals surface area contributed by atoms with Gasteiger partial charge in [-0.1, -0.05) is 86.1 Å². The molecule has 34 heavy (non-hydrogen) atoms. The van der Waals surface area contributed by atoms with E-state index in [4.69, 9.17) is 16.3 Å². The molecule has 1 N–H and O–H groups in total. The van der Waals surface area contributed by atoms with Crippen molar-refractivity contribution >= 4 is 23.4 Å². The Bertz CT molecular complexity index is 1040. The number of carbonyl (C=O) groups excluding carboxylic acids is 2. The summed E-state index contributed by atoms with van der Waals surface area (Å²) in [4.78, 5) is 28.4. The first-order valence-electron chi connectivity index (χ1n) is 11.5. The highest BCUT2D eigenvalue weighted by atomic mass is 35.5. The lowest BCUT2D eigenvalue weighted by Crippen LogP contribution is -2.52. The second kappa shape index (κ2) is 12.8. The van der Waals surface area contributed by atoms with E-state index in [9.17, 15) is 9.59 Å². The summed E-state index contributed by atoms with van der Waals surface area (Å²) in [6.07, 6.45) is 0.398. The lowest BCUT2D eigenvalue weighted by Gasteiger charge is -2.31. The average Bonchev–Trinajstić information content (AvgIpc) is 2.85. The van der Waals surface area contributed by atoms with Crippen molar-refractivity contribution in [3.8, 4) is 5.75 Å². The van der Waals surface area contributed by atoms with Gasteiger partial charge in [-0.15, -0.1) is 0 Å². The predicted molar refractivity (Wildman–Crippen MR) is 136 cm³/mol. The van der Waals surface area contributed by atoms with E-state index in [1.165, 1.54) is 0 Å². The molecule has 0 aliphatic carbocycles. The van der Waals surface area contributed by atoms with E-state index in [0.717, 1.165) is 11.1 Å². The van der Waals surface area contributed by atoms with Crippen LogP contribution in [0, 0.1) is 5.92 Å². The van der Waals surface area contributed by atoms with Gasteiger partial charge in [-0.3, -0.25) is 9.59 Å². The van der Waals surface area contributed by atoms with Crippen molar-refractivity contribution in [1.29, 1.82) is 0 Å². The summed E-state index contributed by atoms with van der Waals surface area (Å²) in [5.74, 6) is 0.452. The van der Waals surface area contributed by atoms with Gasteiger partial charge in [0.2, 0.25) is 5.91 Å². The van der Waals surface area contributed by atoms with Crippen molar-refractivity contribution in [1.82, 2.24) is 10.2 Å². The molecule has 0 heterocycles. The van der Waals surface area contributed by atoms with Crippen LogP contribution < -0.4 is 10.1 Å². The summed E-state index contributed by atoms with van der Waals surface area (Å²) < 4.78 is 5.74. The van der Waals surface area contributed by atoms with E-state index in [2.05, 4.69) is 5.32 Å². The smallest absolute Gasteiger partial charge is 0.261 e. The summed E-state index contributed by atoms with van der Waals surface area (Å²) in [6, 6.07) is 25.5. The van der Waals surface area contributed by atoms with E-state index >= 15 is 0 Å². The lowest BCUT2D eigenvalue weighted by molar-refractivity contribution is -0.142. The topological polar surface area (TPSA) is 58.6 Å². The van der Waals surface area contributed by atoms with E-state index in [1.807, 2.05) is 74.5 Å². The highest BCUT2D eigenvalue weighted by Crippen LogP contribution is 2.18. The minimum atomic E-state index is -0.691. The van der Waals surface area contributed by atoms with E-state index in [1.54, 1.807) is 29.2 Å². The normalized spacial score (nSPS) is 11.6. The van der Waals surface area contributed by atoms with Gasteiger partial charge in [0, 0.05) is 24.5 Å². The molecule has 0 bridgehead atoms. The summed E-state index contributed by atoms with van der Waals surface area (Å²) in [5.41, 5.74) is 1.86. The number of rotatable bonds is 11. The summed E-state index contributed by atoms with van der Waals surface area (Å²) in [5, 5.41) is 3.63. The van der Waals surface area contributed by atoms with E-state index < -0.39 is 6.04 Å². The molecule has 0 saturated heterocycles. The first-order chi connectivity index (χ1) is 16.4. The molecule has 0 aliphatic rings. The molecular weight excluding hydrogens is 448 g/mol. The average molecular weight is 479 g/mol. The maximum atomic E-state index is 13.5. The number of ether oxygens (including phenoxy) is 1. The predicted octanol–water partition coefficient (Wildman–Crippen LogP) is 5.13. The van der Waals surface area contributed by atoms with Crippen LogP contribution in [-0.2, 0) is 22.6 Å². The zero-order chi connectivity index (χ0) is 24.3. The molecule has 3 aromatic carbocycles. The van der Waals surface area contributed by atoms with Crippen LogP contribution in [0.5, 0.6) is 5.75 Å². The maximum absolute atomic E-state index is 13.5. The highest BCUT2D eigenvalue weighted by molar-refractivity contribution is 6.30. The molecule has 6 heteroatoms. The lowest BCUT2D eigenvalue weighted by atomic mass is 10.0. The number of hydrogen-bond donors (Lipinski definition) is 1. The molecule has 178 valence electrons. The van der Waals surface area contributed by atoms with Gasteiger partial charge in [-0.2, -0.15) is 0 Å². The Kier molecular flexibility index (Phi) is 9.53. The Morgan fingerprint density at radius 3 is 2.12 bits per heavy atom. The van der Waals surface area contributed by atoms with E-state index in [-0.39, 0.29) is 25.0 Å². The number of nitrogens with one attached hydrogen (secondary N) is 1. The second-order valence-electron chi connectivity index (χ2n) is 8.59. The molecule has 0 aromatic heterocycles. The molecule has 2 amide bonds. The van der Waals surface area contributed by atoms with Crippen LogP contribution in [-0.4, -0.2) is 35.9 Å². The van der Waals surface area contributed by atoms with Crippen molar-refractivity contribution in [2.75, 3.05) is 13.2 Å². The minimum Gasteiger partial charge on any atom is -0.484 e. The van der Waals surface area contributed by atoms with Crippen molar-refractivity contribution < 1.29 is 14.3 Å². The van der Waals surface area contributed by atoms with Crippen LogP contribution in [0.15, 0.2) is 84.9 Å². The summed E-state index contributed by atoms with van der Waals surface area (Å²) >= 11 is 6.05. The van der Waals surface area contributed by atoms with Gasteiger partial charge in [-0.05, 0) is 41.3 Å². The molecule has 0 aliphatic heterocycles. The molecule has 0 radical (unpaired) electrons. The van der Waals surface area contributed by atoms with Gasteiger partial charge in [0.25, 0.3) is 5.91 Å². The van der Waals surface area contributed by atoms with Crippen LogP contribution in [0.25, 0.3) is 0 Å². The zero-order valence-electron chi connectivity index (χ0n) is 19.6. The van der Waals surface area contributed by atoms with Crippen LogP contribution in [0.2, 0.25) is 5.02 Å². The largest absolute Gasteiger partial charge is 0.484 e. The first kappa shape index (κ1) is 25.3. The van der Waals surface area contributed by atoms with Crippen LogP contribution in [0.4, 0.5) is 0 Å². The van der Waals surface area contributed by atoms with Crippen molar-refractivity contribution in [3.05, 3.63) is 101 Å². The molecule has 3 aromatic rings. The first-order valence-corrected chi connectivity index (χ1v) is 11.8. The molecule has 5 nitrogen and oxygen atoms in total. The Hall–Kier alpha value is -3.31. The molecule has 0 unspecified atom stereocenters. The number of para-hydroxylation sites is 1. The van der Waals surface area contributed by atoms with Crippen molar-refractivity contribution in [3.63, 3.8) is 0 Å². The quantitative estimate of drug-likeness (QED) is 0.415. The Labute approximate surface area is 206 Å². The van der Waals surface area contributed by atoms with Gasteiger partial charge >= 0.3 is 0 Å². The van der Waals surface area contributed by atoms with Crippen LogP contribution in [0.3, 0.4) is 0 Å². The Morgan fingerprint density at radius 2 is 1.50 bits per heavy atom. The number of halogens is 1. The van der Waals surface area contributed by atoms with Crippen LogP contribution >= 0.6 is 11.6 Å². The minimum absolute atomic E-state index is 0.166. The van der Waals surface area contributed by atoms with Crippen molar-refractivity contribution in [2.45, 2.75) is 32.9 Å². The van der Waals surface area contributed by atoms with Gasteiger partial charge < -0.3 is 15.0 Å². The number of hydrogen-bond acceptors (Lipinski definition) is 3. The maximum Gasteiger partial charge on any atom is 0.261 e. The third kappa shape index (κ3) is 7.92. The third-order valence-electron chi connectivity index (χ3n) is 5.33. The Morgan fingerprint density at radius 1 is 0.882 bits per heavy atom. The van der Waals surface area contributed by atoms with Gasteiger partial charge in [0.15, 0.2) is 6.61 Å². The molecular formula is C28H31ClN2O3. The number of nitrogens with zero attached hydrogens (tertiary/aromatic N) is 1. The molecule has 3 rings (SSSR count).